The van der Waals surface area contributed by atoms with Gasteiger partial charge in [0.1, 0.15) is 5.76 Å². The van der Waals surface area contributed by atoms with Crippen LogP contribution in [0.25, 0.3) is 11.5 Å². The number of carbonyl (C=O) groups is 1. The van der Waals surface area contributed by atoms with Gasteiger partial charge < -0.3 is 10.2 Å². The van der Waals surface area contributed by atoms with E-state index in [1.807, 2.05) is 31.2 Å². The number of primary amides is 1. The quantitative estimate of drug-likeness (QED) is 0.835. The number of aryl methyl sites for hydroxylation is 2. The third kappa shape index (κ3) is 1.82. The molecule has 1 aromatic heterocycles. The number of hydrogen-bond acceptors (Lipinski definition) is 3. The first kappa shape index (κ1) is 10.4. The van der Waals surface area contributed by atoms with E-state index in [0.29, 0.717) is 11.7 Å². The Labute approximate surface area is 93.1 Å². The number of nitrogens with zero attached hydrogens (tertiary/aromatic N) is 1. The number of amides is 1. The van der Waals surface area contributed by atoms with Crippen LogP contribution < -0.4 is 5.73 Å². The minimum atomic E-state index is -0.569. The number of rotatable bonds is 2. The van der Waals surface area contributed by atoms with Gasteiger partial charge in [0.15, 0.2) is 5.69 Å². The Morgan fingerprint density at radius 2 is 2.12 bits per heavy atom. The van der Waals surface area contributed by atoms with E-state index in [4.69, 9.17) is 10.2 Å². The molecule has 0 atom stereocenters. The van der Waals surface area contributed by atoms with Crippen molar-refractivity contribution in [3.05, 3.63) is 41.3 Å². The average molecular weight is 216 g/mol. The fraction of sp³-hybridized carbons (Fsp3) is 0.167. The lowest BCUT2D eigenvalue weighted by molar-refractivity contribution is 0.0995. The summed E-state index contributed by atoms with van der Waals surface area (Å²) >= 11 is 0. The molecule has 2 N–H and O–H groups in total. The summed E-state index contributed by atoms with van der Waals surface area (Å²) < 4.78 is 5.41. The second kappa shape index (κ2) is 3.81. The van der Waals surface area contributed by atoms with E-state index >= 15 is 0 Å². The van der Waals surface area contributed by atoms with Crippen LogP contribution in [0.15, 0.2) is 28.7 Å². The van der Waals surface area contributed by atoms with Crippen LogP contribution in [0.3, 0.4) is 0 Å². The molecule has 16 heavy (non-hydrogen) atoms. The molecule has 0 saturated carbocycles. The lowest BCUT2D eigenvalue weighted by atomic mass is 10.1. The zero-order valence-electron chi connectivity index (χ0n) is 9.15. The van der Waals surface area contributed by atoms with Crippen LogP contribution in [0.2, 0.25) is 0 Å². The average Bonchev–Trinajstić information content (AvgIpc) is 2.60. The highest BCUT2D eigenvalue weighted by atomic mass is 16.4. The van der Waals surface area contributed by atoms with Crippen molar-refractivity contribution in [3.63, 3.8) is 0 Å². The lowest BCUT2D eigenvalue weighted by Gasteiger charge is -1.96. The molecule has 0 fully saturated rings. The van der Waals surface area contributed by atoms with Gasteiger partial charge in [-0.05, 0) is 26.0 Å². The van der Waals surface area contributed by atoms with Crippen LogP contribution in [0.1, 0.15) is 21.8 Å². The van der Waals surface area contributed by atoms with Crippen LogP contribution >= 0.6 is 0 Å². The molecular formula is C12H12N2O2. The molecule has 2 aromatic rings. The first-order valence-corrected chi connectivity index (χ1v) is 4.92. The van der Waals surface area contributed by atoms with E-state index in [-0.39, 0.29) is 5.69 Å². The fourth-order valence-electron chi connectivity index (χ4n) is 1.53. The Hall–Kier alpha value is -2.10. The topological polar surface area (TPSA) is 69.1 Å². The number of hydrogen-bond donors (Lipinski definition) is 1. The molecule has 2 rings (SSSR count). The predicted octanol–water partition coefficient (Wildman–Crippen LogP) is 2.06. The summed E-state index contributed by atoms with van der Waals surface area (Å²) in [6.45, 7) is 3.65. The standard InChI is InChI=1S/C12H12N2O2/c1-7-4-3-5-9(6-7)12-14-10(11(13)15)8(2)16-12/h3-6H,1-2H3,(H2,13,15). The number of oxazole rings is 1. The smallest absolute Gasteiger partial charge is 0.270 e. The van der Waals surface area contributed by atoms with E-state index in [1.165, 1.54) is 0 Å². The molecule has 0 aliphatic heterocycles. The molecule has 1 heterocycles. The molecule has 0 saturated heterocycles. The number of aromatic nitrogens is 1. The van der Waals surface area contributed by atoms with Crippen molar-refractivity contribution in [1.29, 1.82) is 0 Å². The van der Waals surface area contributed by atoms with Gasteiger partial charge in [-0.25, -0.2) is 4.98 Å². The van der Waals surface area contributed by atoms with Gasteiger partial charge in [0.05, 0.1) is 0 Å². The van der Waals surface area contributed by atoms with E-state index in [1.54, 1.807) is 6.92 Å². The monoisotopic (exact) mass is 216 g/mol. The van der Waals surface area contributed by atoms with Crippen molar-refractivity contribution in [2.24, 2.45) is 5.73 Å². The summed E-state index contributed by atoms with van der Waals surface area (Å²) in [5.74, 6) is 0.305. The summed E-state index contributed by atoms with van der Waals surface area (Å²) in [7, 11) is 0. The Balaban J connectivity index is 2.49. The maximum Gasteiger partial charge on any atom is 0.270 e. The lowest BCUT2D eigenvalue weighted by Crippen LogP contribution is -2.12. The van der Waals surface area contributed by atoms with Gasteiger partial charge >= 0.3 is 0 Å². The Kier molecular flexibility index (Phi) is 2.48. The second-order valence-electron chi connectivity index (χ2n) is 3.66. The highest BCUT2D eigenvalue weighted by Crippen LogP contribution is 2.22. The van der Waals surface area contributed by atoms with E-state index < -0.39 is 5.91 Å². The molecule has 0 aliphatic carbocycles. The van der Waals surface area contributed by atoms with Gasteiger partial charge in [0, 0.05) is 5.56 Å². The Bertz CT molecular complexity index is 544. The van der Waals surface area contributed by atoms with Gasteiger partial charge in [-0.15, -0.1) is 0 Å². The largest absolute Gasteiger partial charge is 0.441 e. The van der Waals surface area contributed by atoms with Crippen molar-refractivity contribution >= 4 is 5.91 Å². The maximum atomic E-state index is 11.0. The SMILES string of the molecule is Cc1cccc(-c2nc(C(N)=O)c(C)o2)c1. The summed E-state index contributed by atoms with van der Waals surface area (Å²) in [5, 5.41) is 0. The highest BCUT2D eigenvalue weighted by molar-refractivity contribution is 5.92. The molecule has 0 aliphatic rings. The summed E-state index contributed by atoms with van der Waals surface area (Å²) in [6.07, 6.45) is 0. The van der Waals surface area contributed by atoms with Crippen molar-refractivity contribution in [2.75, 3.05) is 0 Å². The van der Waals surface area contributed by atoms with Gasteiger partial charge in [0.2, 0.25) is 5.89 Å². The van der Waals surface area contributed by atoms with Gasteiger partial charge in [-0.1, -0.05) is 17.7 Å². The van der Waals surface area contributed by atoms with Crippen LogP contribution in [0.5, 0.6) is 0 Å². The Morgan fingerprint density at radius 1 is 1.38 bits per heavy atom. The van der Waals surface area contributed by atoms with Crippen molar-refractivity contribution in [1.82, 2.24) is 4.98 Å². The molecule has 0 spiro atoms. The zero-order chi connectivity index (χ0) is 11.7. The molecule has 82 valence electrons. The highest BCUT2D eigenvalue weighted by Gasteiger charge is 2.15. The molecule has 0 unspecified atom stereocenters. The molecule has 4 heteroatoms. The first-order chi connectivity index (χ1) is 7.58. The van der Waals surface area contributed by atoms with Crippen molar-refractivity contribution in [3.8, 4) is 11.5 Å². The molecule has 0 bridgehead atoms. The normalized spacial score (nSPS) is 10.4. The van der Waals surface area contributed by atoms with Crippen molar-refractivity contribution < 1.29 is 9.21 Å². The van der Waals surface area contributed by atoms with Gasteiger partial charge in [0.25, 0.3) is 5.91 Å². The van der Waals surface area contributed by atoms with E-state index in [9.17, 15) is 4.79 Å². The molecular weight excluding hydrogens is 204 g/mol. The van der Waals surface area contributed by atoms with Crippen molar-refractivity contribution in [2.45, 2.75) is 13.8 Å². The van der Waals surface area contributed by atoms with Crippen LogP contribution in [-0.2, 0) is 0 Å². The minimum absolute atomic E-state index is 0.191. The molecule has 4 nitrogen and oxygen atoms in total. The zero-order valence-corrected chi connectivity index (χ0v) is 9.15. The molecule has 1 amide bonds. The summed E-state index contributed by atoms with van der Waals surface area (Å²) in [5.41, 5.74) is 7.31. The third-order valence-electron chi connectivity index (χ3n) is 2.30. The van der Waals surface area contributed by atoms with Gasteiger partial charge in [-0.2, -0.15) is 0 Å². The van der Waals surface area contributed by atoms with Crippen LogP contribution in [0.4, 0.5) is 0 Å². The first-order valence-electron chi connectivity index (χ1n) is 4.92. The third-order valence-corrected chi connectivity index (χ3v) is 2.30. The fourth-order valence-corrected chi connectivity index (χ4v) is 1.53. The molecule has 1 aromatic carbocycles. The number of benzene rings is 1. The van der Waals surface area contributed by atoms with Crippen LogP contribution in [0, 0.1) is 13.8 Å². The maximum absolute atomic E-state index is 11.0. The number of nitrogens with two attached hydrogens (primary N) is 1. The predicted molar refractivity (Wildman–Crippen MR) is 59.9 cm³/mol. The minimum Gasteiger partial charge on any atom is -0.441 e. The molecule has 0 radical (unpaired) electrons. The Morgan fingerprint density at radius 3 is 2.69 bits per heavy atom. The van der Waals surface area contributed by atoms with Gasteiger partial charge in [-0.3, -0.25) is 4.79 Å². The van der Waals surface area contributed by atoms with E-state index in [0.717, 1.165) is 11.1 Å². The van der Waals surface area contributed by atoms with E-state index in [2.05, 4.69) is 4.98 Å². The summed E-state index contributed by atoms with van der Waals surface area (Å²) in [6, 6.07) is 7.71. The summed E-state index contributed by atoms with van der Waals surface area (Å²) in [4.78, 5) is 15.1. The number of carbonyl (C=O) groups excluding carboxylic acids is 1. The van der Waals surface area contributed by atoms with Crippen LogP contribution in [-0.4, -0.2) is 10.9 Å². The second-order valence-corrected chi connectivity index (χ2v) is 3.66.